The summed E-state index contributed by atoms with van der Waals surface area (Å²) in [6.07, 6.45) is 5.57. The summed E-state index contributed by atoms with van der Waals surface area (Å²) >= 11 is 3.07. The van der Waals surface area contributed by atoms with Gasteiger partial charge in [-0.15, -0.1) is 11.3 Å². The Morgan fingerprint density at radius 3 is 2.96 bits per heavy atom. The quantitative estimate of drug-likeness (QED) is 0.329. The van der Waals surface area contributed by atoms with Crippen LogP contribution in [0.1, 0.15) is 24.6 Å². The van der Waals surface area contributed by atoms with Gasteiger partial charge in [0.05, 0.1) is 14.8 Å². The molecule has 0 aliphatic heterocycles. The highest BCUT2D eigenvalue weighted by molar-refractivity contribution is 7.13. The van der Waals surface area contributed by atoms with E-state index in [1.54, 1.807) is 0 Å². The van der Waals surface area contributed by atoms with Gasteiger partial charge in [-0.3, -0.25) is 5.41 Å². The number of hydrogen-bond donors (Lipinski definition) is 4. The first-order chi connectivity index (χ1) is 11.6. The monoisotopic (exact) mass is 362 g/mol. The van der Waals surface area contributed by atoms with Crippen LogP contribution in [0, 0.1) is 5.41 Å². The molecule has 0 amide bonds. The zero-order chi connectivity index (χ0) is 17.4. The van der Waals surface area contributed by atoms with Crippen LogP contribution in [0.3, 0.4) is 0 Å². The van der Waals surface area contributed by atoms with Crippen LogP contribution in [0.5, 0.6) is 0 Å². The average molecular weight is 363 g/mol. The minimum absolute atomic E-state index is 0.214. The Labute approximate surface area is 149 Å². The fourth-order valence-corrected chi connectivity index (χ4v) is 3.46. The Morgan fingerprint density at radius 2 is 2.29 bits per heavy atom. The maximum Gasteiger partial charge on any atom is 0.183 e. The lowest BCUT2D eigenvalue weighted by molar-refractivity contribution is 0.286. The molecule has 0 spiro atoms. The molecule has 128 valence electrons. The van der Waals surface area contributed by atoms with E-state index >= 15 is 0 Å². The topological polar surface area (TPSA) is 81.0 Å². The van der Waals surface area contributed by atoms with Gasteiger partial charge in [-0.2, -0.15) is 0 Å². The van der Waals surface area contributed by atoms with Crippen LogP contribution in [0.25, 0.3) is 12.7 Å². The molecule has 0 bridgehead atoms. The normalized spacial score (nSPS) is 12.4. The maximum atomic E-state index is 8.79. The van der Waals surface area contributed by atoms with Gasteiger partial charge in [-0.25, -0.2) is 4.98 Å². The van der Waals surface area contributed by atoms with Gasteiger partial charge in [0, 0.05) is 18.8 Å². The second kappa shape index (κ2) is 9.36. The number of aliphatic hydroxyl groups excluding tert-OH is 1. The van der Waals surface area contributed by atoms with Gasteiger partial charge < -0.3 is 15.7 Å². The summed E-state index contributed by atoms with van der Waals surface area (Å²) in [7, 11) is 0. The van der Waals surface area contributed by atoms with Crippen LogP contribution in [0.2, 0.25) is 0 Å². The number of allylic oxidation sites excluding steroid dienone is 2. The Kier molecular flexibility index (Phi) is 7.17. The predicted octanol–water partition coefficient (Wildman–Crippen LogP) is 2.10. The summed E-state index contributed by atoms with van der Waals surface area (Å²) in [5.41, 5.74) is 0.841. The lowest BCUT2D eigenvalue weighted by atomic mass is 10.3. The van der Waals surface area contributed by atoms with Gasteiger partial charge in [0.15, 0.2) is 5.13 Å². The summed E-state index contributed by atoms with van der Waals surface area (Å²) in [4.78, 5) is 5.32. The largest absolute Gasteiger partial charge is 0.396 e. The van der Waals surface area contributed by atoms with Crippen molar-refractivity contribution in [3.05, 3.63) is 44.0 Å². The summed E-state index contributed by atoms with van der Waals surface area (Å²) in [6.45, 7) is 6.91. The minimum Gasteiger partial charge on any atom is -0.396 e. The van der Waals surface area contributed by atoms with Crippen molar-refractivity contribution in [1.29, 1.82) is 5.41 Å². The summed E-state index contributed by atoms with van der Waals surface area (Å²) in [5.74, 6) is 0.381. The van der Waals surface area contributed by atoms with Gasteiger partial charge in [0.1, 0.15) is 5.84 Å². The minimum atomic E-state index is 0.214. The summed E-state index contributed by atoms with van der Waals surface area (Å²) in [5, 5.41) is 26.8. The van der Waals surface area contributed by atoms with Crippen LogP contribution in [0.15, 0.2) is 29.3 Å². The van der Waals surface area contributed by atoms with Gasteiger partial charge in [0.2, 0.25) is 0 Å². The number of unbranched alkanes of at least 4 members (excludes halogenated alkanes) is 1. The number of amidine groups is 1. The molecule has 0 aromatic carbocycles. The van der Waals surface area contributed by atoms with Crippen LogP contribution < -0.4 is 20.5 Å². The molecule has 0 saturated carbocycles. The Bertz CT molecular complexity index is 793. The zero-order valence-electron chi connectivity index (χ0n) is 13.6. The van der Waals surface area contributed by atoms with E-state index in [1.807, 2.05) is 36.6 Å². The number of nitrogens with one attached hydrogen (secondary N) is 3. The Hall–Kier alpha value is -1.96. The standard InChI is InChI=1S/C17H22N4OS2/c1-3-13(21-16(18)14-7-6-10-23-14)11-15-12(2)20-17(24-15)19-8-4-5-9-22/h3,6-7,10-11,22H,2,4-5,8-9H2,1H3,(H2,18,21)(H,19,20)/b13-3+,15-11+. The Morgan fingerprint density at radius 1 is 1.46 bits per heavy atom. The van der Waals surface area contributed by atoms with Crippen LogP contribution in [0.4, 0.5) is 5.13 Å². The van der Waals surface area contributed by atoms with Crippen molar-refractivity contribution < 1.29 is 5.11 Å². The molecule has 5 nitrogen and oxygen atoms in total. The molecule has 2 aromatic rings. The molecule has 0 unspecified atom stereocenters. The predicted molar refractivity (Wildman–Crippen MR) is 104 cm³/mol. The second-order valence-corrected chi connectivity index (χ2v) is 7.03. The van der Waals surface area contributed by atoms with Crippen molar-refractivity contribution in [2.45, 2.75) is 19.8 Å². The highest BCUT2D eigenvalue weighted by Gasteiger charge is 2.04. The molecule has 0 aliphatic carbocycles. The van der Waals surface area contributed by atoms with Crippen LogP contribution in [-0.2, 0) is 0 Å². The third-order valence-electron chi connectivity index (χ3n) is 3.22. The molecule has 0 fully saturated rings. The van der Waals surface area contributed by atoms with E-state index in [2.05, 4.69) is 22.2 Å². The molecule has 2 rings (SSSR count). The molecule has 0 aliphatic rings. The van der Waals surface area contributed by atoms with Crippen LogP contribution >= 0.6 is 22.7 Å². The van der Waals surface area contributed by atoms with Gasteiger partial charge >= 0.3 is 0 Å². The number of nitrogens with zero attached hydrogens (tertiary/aromatic N) is 1. The SMILES string of the molecule is C=c1nc(NCCCCO)s/c1=C/C(=C\C)NC(=N)c1cccs1. The van der Waals surface area contributed by atoms with E-state index in [0.29, 0.717) is 11.2 Å². The van der Waals surface area contributed by atoms with E-state index in [4.69, 9.17) is 10.5 Å². The van der Waals surface area contributed by atoms with Crippen molar-refractivity contribution in [3.63, 3.8) is 0 Å². The van der Waals surface area contributed by atoms with Crippen LogP contribution in [-0.4, -0.2) is 29.1 Å². The average Bonchev–Trinajstić information content (AvgIpc) is 3.21. The molecule has 2 aromatic heterocycles. The maximum absolute atomic E-state index is 8.79. The van der Waals surface area contributed by atoms with Crippen molar-refractivity contribution in [1.82, 2.24) is 10.3 Å². The van der Waals surface area contributed by atoms with E-state index in [1.165, 1.54) is 22.7 Å². The van der Waals surface area contributed by atoms with Crippen molar-refractivity contribution in [2.24, 2.45) is 0 Å². The summed E-state index contributed by atoms with van der Waals surface area (Å²) in [6, 6.07) is 3.85. The van der Waals surface area contributed by atoms with Crippen molar-refractivity contribution in [2.75, 3.05) is 18.5 Å². The fraction of sp³-hybridized carbons (Fsp3) is 0.294. The lowest BCUT2D eigenvalue weighted by Gasteiger charge is -2.06. The third-order valence-corrected chi connectivity index (χ3v) is 5.11. The molecule has 24 heavy (non-hydrogen) atoms. The highest BCUT2D eigenvalue weighted by atomic mass is 32.1. The number of aliphatic hydroxyl groups is 1. The van der Waals surface area contributed by atoms with E-state index in [0.717, 1.165) is 39.6 Å². The van der Waals surface area contributed by atoms with Gasteiger partial charge in [0.25, 0.3) is 0 Å². The molecule has 0 radical (unpaired) electrons. The smallest absolute Gasteiger partial charge is 0.183 e. The first-order valence-corrected chi connectivity index (χ1v) is 9.41. The molecule has 0 saturated heterocycles. The lowest BCUT2D eigenvalue weighted by Crippen LogP contribution is -2.25. The number of aromatic nitrogens is 1. The molecule has 2 heterocycles. The van der Waals surface area contributed by atoms with Gasteiger partial charge in [-0.1, -0.05) is 30.1 Å². The van der Waals surface area contributed by atoms with E-state index in [9.17, 15) is 0 Å². The van der Waals surface area contributed by atoms with E-state index in [-0.39, 0.29) is 6.61 Å². The number of thiophene rings is 1. The second-order valence-electron chi connectivity index (χ2n) is 5.05. The number of anilines is 1. The van der Waals surface area contributed by atoms with Gasteiger partial charge in [-0.05, 0) is 37.3 Å². The first kappa shape index (κ1) is 18.4. The molecule has 4 N–H and O–H groups in total. The molecular weight excluding hydrogens is 340 g/mol. The fourth-order valence-electron chi connectivity index (χ4n) is 1.94. The summed E-state index contributed by atoms with van der Waals surface area (Å²) < 4.78 is 0.958. The number of hydrogen-bond acceptors (Lipinski definition) is 6. The molecular formula is C17H22N4OS2. The zero-order valence-corrected chi connectivity index (χ0v) is 15.3. The third kappa shape index (κ3) is 5.30. The Balaban J connectivity index is 2.06. The van der Waals surface area contributed by atoms with Crippen molar-refractivity contribution in [3.8, 4) is 0 Å². The van der Waals surface area contributed by atoms with Crippen molar-refractivity contribution >= 4 is 46.3 Å². The van der Waals surface area contributed by atoms with E-state index < -0.39 is 0 Å². The number of rotatable bonds is 8. The number of thiazole rings is 1. The first-order valence-electron chi connectivity index (χ1n) is 7.72. The highest BCUT2D eigenvalue weighted by Crippen LogP contribution is 2.09. The molecule has 0 atom stereocenters. The molecule has 7 heteroatoms.